The molecule has 1 saturated heterocycles. The van der Waals surface area contributed by atoms with Gasteiger partial charge in [0, 0.05) is 0 Å². The Morgan fingerprint density at radius 2 is 2.33 bits per heavy atom. The summed E-state index contributed by atoms with van der Waals surface area (Å²) in [6.07, 6.45) is 0.260. The minimum absolute atomic E-state index is 0.260. The van der Waals surface area contributed by atoms with Gasteiger partial charge in [0.2, 0.25) is 0 Å². The largest absolute Gasteiger partial charge is 0.495 e. The Labute approximate surface area is 76.1 Å². The first-order chi connectivity index (χ1) is 5.81. The Bertz CT molecular complexity index is 295. The van der Waals surface area contributed by atoms with Gasteiger partial charge in [-0.3, -0.25) is 0 Å². The molecular formula is C9H9ClO2. The van der Waals surface area contributed by atoms with Crippen LogP contribution in [0.2, 0.25) is 5.02 Å². The second kappa shape index (κ2) is 2.96. The topological polar surface area (TPSA) is 21.8 Å². The maximum Gasteiger partial charge on any atom is 0.137 e. The summed E-state index contributed by atoms with van der Waals surface area (Å²) in [6, 6.07) is 5.71. The standard InChI is InChI=1S/C9H9ClO2/c1-11-8-4-6(9-5-12-9)2-3-7(8)10/h2-4,9H,5H2,1H3/t9-/m0/s1. The fraction of sp³-hybridized carbons (Fsp3) is 0.333. The Morgan fingerprint density at radius 1 is 1.58 bits per heavy atom. The molecule has 64 valence electrons. The number of rotatable bonds is 2. The summed E-state index contributed by atoms with van der Waals surface area (Å²) in [7, 11) is 1.61. The van der Waals surface area contributed by atoms with E-state index in [2.05, 4.69) is 0 Å². The van der Waals surface area contributed by atoms with Gasteiger partial charge >= 0.3 is 0 Å². The zero-order chi connectivity index (χ0) is 8.55. The molecule has 0 aromatic heterocycles. The maximum absolute atomic E-state index is 5.86. The van der Waals surface area contributed by atoms with E-state index in [0.29, 0.717) is 10.8 Å². The molecule has 0 spiro atoms. The van der Waals surface area contributed by atoms with Crippen LogP contribution in [0.5, 0.6) is 5.75 Å². The average molecular weight is 185 g/mol. The van der Waals surface area contributed by atoms with Crippen molar-refractivity contribution in [2.45, 2.75) is 6.10 Å². The van der Waals surface area contributed by atoms with Crippen LogP contribution < -0.4 is 4.74 Å². The second-order valence-electron chi connectivity index (χ2n) is 2.72. The molecule has 1 heterocycles. The molecule has 1 fully saturated rings. The molecule has 1 aromatic carbocycles. The third-order valence-electron chi connectivity index (χ3n) is 1.88. The molecule has 0 radical (unpaired) electrons. The van der Waals surface area contributed by atoms with Gasteiger partial charge in [0.25, 0.3) is 0 Å². The van der Waals surface area contributed by atoms with E-state index in [9.17, 15) is 0 Å². The van der Waals surface area contributed by atoms with E-state index in [1.165, 1.54) is 0 Å². The normalized spacial score (nSPS) is 20.7. The van der Waals surface area contributed by atoms with E-state index in [-0.39, 0.29) is 6.10 Å². The predicted octanol–water partition coefficient (Wildman–Crippen LogP) is 2.42. The van der Waals surface area contributed by atoms with Crippen LogP contribution in [0.25, 0.3) is 0 Å². The van der Waals surface area contributed by atoms with Crippen molar-refractivity contribution in [2.75, 3.05) is 13.7 Å². The number of hydrogen-bond acceptors (Lipinski definition) is 2. The summed E-state index contributed by atoms with van der Waals surface area (Å²) in [5.74, 6) is 0.713. The van der Waals surface area contributed by atoms with Crippen molar-refractivity contribution in [2.24, 2.45) is 0 Å². The van der Waals surface area contributed by atoms with Crippen molar-refractivity contribution in [3.05, 3.63) is 28.8 Å². The smallest absolute Gasteiger partial charge is 0.137 e. The van der Waals surface area contributed by atoms with Crippen molar-refractivity contribution in [3.63, 3.8) is 0 Å². The van der Waals surface area contributed by atoms with Crippen LogP contribution in [0.1, 0.15) is 11.7 Å². The van der Waals surface area contributed by atoms with E-state index in [1.807, 2.05) is 18.2 Å². The highest BCUT2D eigenvalue weighted by Crippen LogP contribution is 2.34. The SMILES string of the molecule is COc1cc([C@@H]2CO2)ccc1Cl. The first-order valence-electron chi connectivity index (χ1n) is 3.76. The lowest BCUT2D eigenvalue weighted by atomic mass is 10.1. The fourth-order valence-corrected chi connectivity index (χ4v) is 1.31. The van der Waals surface area contributed by atoms with Crippen molar-refractivity contribution in [1.82, 2.24) is 0 Å². The van der Waals surface area contributed by atoms with Crippen LogP contribution in [0.4, 0.5) is 0 Å². The van der Waals surface area contributed by atoms with Gasteiger partial charge in [0.1, 0.15) is 11.9 Å². The molecule has 3 heteroatoms. The molecule has 0 aliphatic carbocycles. The van der Waals surface area contributed by atoms with Crippen LogP contribution >= 0.6 is 11.6 Å². The van der Waals surface area contributed by atoms with Gasteiger partial charge in [-0.2, -0.15) is 0 Å². The molecule has 2 rings (SSSR count). The molecule has 1 aliphatic rings. The Hall–Kier alpha value is -0.730. The average Bonchev–Trinajstić information content (AvgIpc) is 2.88. The number of halogens is 1. The molecule has 1 atom stereocenters. The number of ether oxygens (including phenoxy) is 2. The van der Waals surface area contributed by atoms with E-state index >= 15 is 0 Å². The Kier molecular flexibility index (Phi) is 1.95. The molecule has 0 amide bonds. The van der Waals surface area contributed by atoms with Crippen LogP contribution in [-0.2, 0) is 4.74 Å². The van der Waals surface area contributed by atoms with Gasteiger partial charge < -0.3 is 9.47 Å². The first kappa shape index (κ1) is 7.90. The number of epoxide rings is 1. The van der Waals surface area contributed by atoms with Crippen molar-refractivity contribution in [1.29, 1.82) is 0 Å². The Morgan fingerprint density at radius 3 is 2.92 bits per heavy atom. The summed E-state index contributed by atoms with van der Waals surface area (Å²) in [5.41, 5.74) is 1.14. The monoisotopic (exact) mass is 184 g/mol. The van der Waals surface area contributed by atoms with Gasteiger partial charge in [-0.05, 0) is 17.7 Å². The molecule has 12 heavy (non-hydrogen) atoms. The van der Waals surface area contributed by atoms with Crippen molar-refractivity contribution < 1.29 is 9.47 Å². The second-order valence-corrected chi connectivity index (χ2v) is 3.12. The highest BCUT2D eigenvalue weighted by Gasteiger charge is 2.25. The van der Waals surface area contributed by atoms with Gasteiger partial charge in [-0.15, -0.1) is 0 Å². The zero-order valence-electron chi connectivity index (χ0n) is 6.71. The highest BCUT2D eigenvalue weighted by molar-refractivity contribution is 6.32. The molecule has 1 aliphatic heterocycles. The summed E-state index contributed by atoms with van der Waals surface area (Å²) < 4.78 is 10.2. The van der Waals surface area contributed by atoms with Crippen LogP contribution in [-0.4, -0.2) is 13.7 Å². The summed E-state index contributed by atoms with van der Waals surface area (Å²) >= 11 is 5.86. The number of methoxy groups -OCH3 is 1. The first-order valence-corrected chi connectivity index (χ1v) is 4.14. The van der Waals surface area contributed by atoms with E-state index in [4.69, 9.17) is 21.1 Å². The van der Waals surface area contributed by atoms with E-state index < -0.39 is 0 Å². The number of benzene rings is 1. The Balaban J connectivity index is 2.33. The summed E-state index contributed by atoms with van der Waals surface area (Å²) in [5, 5.41) is 0.641. The molecule has 0 saturated carbocycles. The lowest BCUT2D eigenvalue weighted by molar-refractivity contribution is 0.405. The molecule has 1 aromatic rings. The van der Waals surface area contributed by atoms with Crippen molar-refractivity contribution in [3.8, 4) is 5.75 Å². The maximum atomic E-state index is 5.86. The minimum atomic E-state index is 0.260. The lowest BCUT2D eigenvalue weighted by Gasteiger charge is -2.03. The summed E-state index contributed by atoms with van der Waals surface area (Å²) in [4.78, 5) is 0. The molecule has 0 N–H and O–H groups in total. The highest BCUT2D eigenvalue weighted by atomic mass is 35.5. The zero-order valence-corrected chi connectivity index (χ0v) is 7.47. The van der Waals surface area contributed by atoms with Gasteiger partial charge in [0.05, 0.1) is 18.7 Å². The summed E-state index contributed by atoms with van der Waals surface area (Å²) in [6.45, 7) is 0.810. The molecule has 0 unspecified atom stereocenters. The van der Waals surface area contributed by atoms with Gasteiger partial charge in [-0.25, -0.2) is 0 Å². The third-order valence-corrected chi connectivity index (χ3v) is 2.19. The van der Waals surface area contributed by atoms with Gasteiger partial charge in [-0.1, -0.05) is 17.7 Å². The van der Waals surface area contributed by atoms with E-state index in [0.717, 1.165) is 12.2 Å². The quantitative estimate of drug-likeness (QED) is 0.659. The van der Waals surface area contributed by atoms with E-state index in [1.54, 1.807) is 7.11 Å². The number of hydrogen-bond donors (Lipinski definition) is 0. The predicted molar refractivity (Wildman–Crippen MR) is 46.7 cm³/mol. The molecule has 0 bridgehead atoms. The fourth-order valence-electron chi connectivity index (χ4n) is 1.12. The van der Waals surface area contributed by atoms with Gasteiger partial charge in [0.15, 0.2) is 0 Å². The minimum Gasteiger partial charge on any atom is -0.495 e. The van der Waals surface area contributed by atoms with Crippen LogP contribution in [0.3, 0.4) is 0 Å². The van der Waals surface area contributed by atoms with Crippen molar-refractivity contribution >= 4 is 11.6 Å². The third kappa shape index (κ3) is 1.40. The molecule has 2 nitrogen and oxygen atoms in total. The van der Waals surface area contributed by atoms with Crippen LogP contribution in [0, 0.1) is 0 Å². The lowest BCUT2D eigenvalue weighted by Crippen LogP contribution is -1.87. The van der Waals surface area contributed by atoms with Crippen LogP contribution in [0.15, 0.2) is 18.2 Å². The molecular weight excluding hydrogens is 176 g/mol.